The van der Waals surface area contributed by atoms with Crippen molar-refractivity contribution in [1.29, 1.82) is 0 Å². The van der Waals surface area contributed by atoms with Crippen LogP contribution < -0.4 is 15.5 Å². The second-order valence-corrected chi connectivity index (χ2v) is 7.20. The van der Waals surface area contributed by atoms with Crippen molar-refractivity contribution in [2.45, 2.75) is 20.8 Å². The van der Waals surface area contributed by atoms with Crippen LogP contribution in [0.3, 0.4) is 0 Å². The first-order chi connectivity index (χ1) is 13.7. The normalized spacial score (nSPS) is 11.5. The number of carbonyl (C=O) groups is 3. The lowest BCUT2D eigenvalue weighted by Gasteiger charge is -2.16. The van der Waals surface area contributed by atoms with Gasteiger partial charge >= 0.3 is 5.97 Å². The van der Waals surface area contributed by atoms with E-state index in [-0.39, 0.29) is 24.9 Å². The lowest BCUT2D eigenvalue weighted by molar-refractivity contribution is -0.862. The summed E-state index contributed by atoms with van der Waals surface area (Å²) in [7, 11) is 3.09. The van der Waals surface area contributed by atoms with Crippen LogP contribution in [-0.2, 0) is 14.3 Å². The molecule has 0 saturated heterocycles. The summed E-state index contributed by atoms with van der Waals surface area (Å²) in [4.78, 5) is 37.2. The number of esters is 1. The van der Waals surface area contributed by atoms with Crippen LogP contribution in [0.25, 0.3) is 0 Å². The number of likely N-dealkylation sites (N-methyl/N-ethyl adjacent to an activating group) is 1. The van der Waals surface area contributed by atoms with E-state index in [1.165, 1.54) is 7.11 Å². The smallest absolute Gasteiger partial charge is 0.337 e. The first-order valence-corrected chi connectivity index (χ1v) is 9.37. The zero-order valence-corrected chi connectivity index (χ0v) is 17.5. The van der Waals surface area contributed by atoms with Crippen molar-refractivity contribution in [1.82, 2.24) is 0 Å². The van der Waals surface area contributed by atoms with Crippen LogP contribution in [0, 0.1) is 20.8 Å². The average Bonchev–Trinajstić information content (AvgIpc) is 2.65. The molecule has 0 radical (unpaired) electrons. The third kappa shape index (κ3) is 6.15. The highest BCUT2D eigenvalue weighted by molar-refractivity contribution is 5.96. The second-order valence-electron chi connectivity index (χ2n) is 7.20. The van der Waals surface area contributed by atoms with Gasteiger partial charge in [0.1, 0.15) is 0 Å². The van der Waals surface area contributed by atoms with Gasteiger partial charge in [0.05, 0.1) is 19.7 Å². The Kier molecular flexibility index (Phi) is 7.50. The van der Waals surface area contributed by atoms with Gasteiger partial charge in [-0.2, -0.15) is 0 Å². The highest BCUT2D eigenvalue weighted by Crippen LogP contribution is 2.19. The van der Waals surface area contributed by atoms with Gasteiger partial charge in [-0.1, -0.05) is 24.3 Å². The van der Waals surface area contributed by atoms with Gasteiger partial charge in [-0.15, -0.1) is 0 Å². The standard InChI is InChI=1S/C22H27N3O4/c1-14-9-10-17(22(28)29-5)11-18(14)23-19(26)12-25(4)13-20(27)24-21-15(2)7-6-8-16(21)3/h6-11H,12-13H2,1-5H3,(H,23,26)(H,24,27)/p+1. The molecule has 2 aromatic rings. The SMILES string of the molecule is COC(=O)c1ccc(C)c(NC(=O)C[NH+](C)CC(=O)Nc2c(C)cccc2C)c1. The molecular formula is C22H28N3O4+. The molecule has 154 valence electrons. The van der Waals surface area contributed by atoms with Crippen molar-refractivity contribution in [2.24, 2.45) is 0 Å². The fourth-order valence-electron chi connectivity index (χ4n) is 3.00. The minimum Gasteiger partial charge on any atom is -0.465 e. The average molecular weight is 398 g/mol. The van der Waals surface area contributed by atoms with Crippen LogP contribution in [0.5, 0.6) is 0 Å². The Bertz CT molecular complexity index is 904. The summed E-state index contributed by atoms with van der Waals surface area (Å²) < 4.78 is 4.71. The lowest BCUT2D eigenvalue weighted by atomic mass is 10.1. The number of aryl methyl sites for hydroxylation is 3. The van der Waals surface area contributed by atoms with E-state index in [0.717, 1.165) is 27.3 Å². The second kappa shape index (κ2) is 9.84. The van der Waals surface area contributed by atoms with Crippen molar-refractivity contribution >= 4 is 29.2 Å². The first-order valence-electron chi connectivity index (χ1n) is 9.37. The van der Waals surface area contributed by atoms with Gasteiger partial charge in [0, 0.05) is 11.4 Å². The summed E-state index contributed by atoms with van der Waals surface area (Å²) in [6.07, 6.45) is 0. The molecule has 0 bridgehead atoms. The molecule has 7 heteroatoms. The quantitative estimate of drug-likeness (QED) is 0.617. The minimum atomic E-state index is -0.466. The Morgan fingerprint density at radius 1 is 0.897 bits per heavy atom. The molecule has 29 heavy (non-hydrogen) atoms. The zero-order chi connectivity index (χ0) is 21.6. The number of benzene rings is 2. The number of anilines is 2. The van der Waals surface area contributed by atoms with E-state index in [0.29, 0.717) is 11.3 Å². The molecule has 0 spiro atoms. The predicted molar refractivity (Wildman–Crippen MR) is 112 cm³/mol. The van der Waals surface area contributed by atoms with Crippen LogP contribution in [0.1, 0.15) is 27.0 Å². The molecule has 0 aromatic heterocycles. The largest absolute Gasteiger partial charge is 0.465 e. The fourth-order valence-corrected chi connectivity index (χ4v) is 3.00. The van der Waals surface area contributed by atoms with E-state index in [2.05, 4.69) is 10.6 Å². The van der Waals surface area contributed by atoms with E-state index in [1.807, 2.05) is 39.0 Å². The highest BCUT2D eigenvalue weighted by atomic mass is 16.5. The molecule has 0 aliphatic carbocycles. The van der Waals surface area contributed by atoms with Crippen LogP contribution in [0.2, 0.25) is 0 Å². The number of hydrogen-bond donors (Lipinski definition) is 3. The van der Waals surface area contributed by atoms with Gasteiger partial charge in [-0.05, 0) is 49.6 Å². The van der Waals surface area contributed by atoms with Crippen molar-refractivity contribution in [3.05, 3.63) is 58.7 Å². The molecule has 3 N–H and O–H groups in total. The molecule has 0 heterocycles. The van der Waals surface area contributed by atoms with Crippen LogP contribution in [0.4, 0.5) is 11.4 Å². The maximum atomic E-state index is 12.4. The number of ether oxygens (including phenoxy) is 1. The Hall–Kier alpha value is -3.19. The maximum absolute atomic E-state index is 12.4. The van der Waals surface area contributed by atoms with Gasteiger partial charge < -0.3 is 20.3 Å². The van der Waals surface area contributed by atoms with Crippen molar-refractivity contribution in [3.63, 3.8) is 0 Å². The van der Waals surface area contributed by atoms with Gasteiger partial charge in [0.2, 0.25) is 0 Å². The van der Waals surface area contributed by atoms with Gasteiger partial charge in [0.15, 0.2) is 13.1 Å². The third-order valence-corrected chi connectivity index (χ3v) is 4.60. The Morgan fingerprint density at radius 3 is 2.07 bits per heavy atom. The predicted octanol–water partition coefficient (Wildman–Crippen LogP) is 1.49. The van der Waals surface area contributed by atoms with Gasteiger partial charge in [-0.3, -0.25) is 9.59 Å². The molecule has 2 aromatic carbocycles. The van der Waals surface area contributed by atoms with Crippen molar-refractivity contribution < 1.29 is 24.0 Å². The Labute approximate surface area is 171 Å². The van der Waals surface area contributed by atoms with E-state index >= 15 is 0 Å². The Morgan fingerprint density at radius 2 is 1.48 bits per heavy atom. The molecule has 2 amide bonds. The number of amides is 2. The number of para-hydroxylation sites is 1. The van der Waals surface area contributed by atoms with E-state index in [4.69, 9.17) is 4.74 Å². The van der Waals surface area contributed by atoms with Crippen LogP contribution >= 0.6 is 0 Å². The van der Waals surface area contributed by atoms with Crippen molar-refractivity contribution in [2.75, 3.05) is 37.9 Å². The zero-order valence-electron chi connectivity index (χ0n) is 17.5. The molecule has 1 unspecified atom stereocenters. The Balaban J connectivity index is 1.94. The van der Waals surface area contributed by atoms with E-state index in [9.17, 15) is 14.4 Å². The monoisotopic (exact) mass is 398 g/mol. The van der Waals surface area contributed by atoms with Crippen molar-refractivity contribution in [3.8, 4) is 0 Å². The van der Waals surface area contributed by atoms with Crippen LogP contribution in [0.15, 0.2) is 36.4 Å². The molecular weight excluding hydrogens is 370 g/mol. The topological polar surface area (TPSA) is 88.9 Å². The van der Waals surface area contributed by atoms with Gasteiger partial charge in [0.25, 0.3) is 11.8 Å². The number of methoxy groups -OCH3 is 1. The molecule has 0 saturated carbocycles. The summed E-state index contributed by atoms with van der Waals surface area (Å²) in [6, 6.07) is 10.8. The maximum Gasteiger partial charge on any atom is 0.337 e. The summed E-state index contributed by atoms with van der Waals surface area (Å²) in [5.74, 6) is -0.865. The summed E-state index contributed by atoms with van der Waals surface area (Å²) >= 11 is 0. The minimum absolute atomic E-state index is 0.113. The fraction of sp³-hybridized carbons (Fsp3) is 0.318. The third-order valence-electron chi connectivity index (χ3n) is 4.60. The number of carbonyl (C=O) groups excluding carboxylic acids is 3. The molecule has 0 aliphatic rings. The highest BCUT2D eigenvalue weighted by Gasteiger charge is 2.17. The molecule has 1 atom stereocenters. The summed E-state index contributed by atoms with van der Waals surface area (Å²) in [6.45, 7) is 5.99. The first kappa shape index (κ1) is 22.1. The number of quaternary nitrogens is 1. The summed E-state index contributed by atoms with van der Waals surface area (Å²) in [5, 5.41) is 5.73. The van der Waals surface area contributed by atoms with E-state index < -0.39 is 5.97 Å². The molecule has 0 aliphatic heterocycles. The summed E-state index contributed by atoms with van der Waals surface area (Å²) in [5.41, 5.74) is 4.54. The van der Waals surface area contributed by atoms with E-state index in [1.54, 1.807) is 25.2 Å². The molecule has 7 nitrogen and oxygen atoms in total. The van der Waals surface area contributed by atoms with Crippen LogP contribution in [-0.4, -0.2) is 45.0 Å². The molecule has 0 fully saturated rings. The number of rotatable bonds is 7. The van der Waals surface area contributed by atoms with Gasteiger partial charge in [-0.25, -0.2) is 4.79 Å². The molecule has 2 rings (SSSR count). The number of nitrogens with one attached hydrogen (secondary N) is 3. The number of hydrogen-bond acceptors (Lipinski definition) is 4. The lowest BCUT2D eigenvalue weighted by Crippen LogP contribution is -3.11.